The lowest BCUT2D eigenvalue weighted by Crippen LogP contribution is -2.22. The van der Waals surface area contributed by atoms with Crippen LogP contribution in [0.15, 0.2) is 22.7 Å². The molecule has 0 saturated heterocycles. The third-order valence-electron chi connectivity index (χ3n) is 2.37. The second-order valence-corrected chi connectivity index (χ2v) is 5.15. The largest absolute Gasteiger partial charge is 0.312 e. The van der Waals surface area contributed by atoms with Crippen molar-refractivity contribution in [3.05, 3.63) is 33.8 Å². The second kappa shape index (κ2) is 4.03. The summed E-state index contributed by atoms with van der Waals surface area (Å²) in [6, 6.07) is 7.09. The zero-order chi connectivity index (χ0) is 9.26. The average molecular weight is 258 g/mol. The molecule has 1 N–H and O–H groups in total. The van der Waals surface area contributed by atoms with E-state index in [4.69, 9.17) is 0 Å². The van der Waals surface area contributed by atoms with Gasteiger partial charge in [0.25, 0.3) is 0 Å². The van der Waals surface area contributed by atoms with Gasteiger partial charge in [-0.05, 0) is 30.3 Å². The van der Waals surface area contributed by atoms with Crippen molar-refractivity contribution in [2.24, 2.45) is 0 Å². The summed E-state index contributed by atoms with van der Waals surface area (Å²) in [5.41, 5.74) is 2.93. The number of fused-ring (bicyclic) bond motifs is 1. The molecule has 13 heavy (non-hydrogen) atoms. The van der Waals surface area contributed by atoms with Crippen LogP contribution in [0.25, 0.3) is 0 Å². The van der Waals surface area contributed by atoms with Crippen molar-refractivity contribution in [3.63, 3.8) is 0 Å². The van der Waals surface area contributed by atoms with Gasteiger partial charge >= 0.3 is 0 Å². The maximum atomic E-state index is 3.51. The molecule has 1 aromatic rings. The van der Waals surface area contributed by atoms with Crippen LogP contribution in [-0.2, 0) is 5.75 Å². The Hall–Kier alpha value is 0.01000. The average Bonchev–Trinajstić information content (AvgIpc) is 2.17. The van der Waals surface area contributed by atoms with Crippen molar-refractivity contribution in [3.8, 4) is 0 Å². The lowest BCUT2D eigenvalue weighted by molar-refractivity contribution is 0.651. The third-order valence-corrected chi connectivity index (χ3v) is 3.95. The molecule has 0 bridgehead atoms. The molecule has 70 valence electrons. The molecule has 1 atom stereocenters. The highest BCUT2D eigenvalue weighted by Gasteiger charge is 2.18. The van der Waals surface area contributed by atoms with Crippen molar-refractivity contribution in [2.75, 3.05) is 12.8 Å². The minimum atomic E-state index is 0.520. The van der Waals surface area contributed by atoms with Gasteiger partial charge in [0.2, 0.25) is 0 Å². The molecule has 1 aliphatic rings. The van der Waals surface area contributed by atoms with Crippen LogP contribution >= 0.6 is 27.7 Å². The fourth-order valence-electron chi connectivity index (χ4n) is 1.64. The summed E-state index contributed by atoms with van der Waals surface area (Å²) in [6.45, 7) is 0. The normalized spacial score (nSPS) is 21.2. The van der Waals surface area contributed by atoms with Gasteiger partial charge in [0.1, 0.15) is 0 Å². The Morgan fingerprint density at radius 1 is 1.54 bits per heavy atom. The molecule has 1 aromatic carbocycles. The molecular formula is C10H12BrNS. The van der Waals surface area contributed by atoms with E-state index in [-0.39, 0.29) is 0 Å². The Morgan fingerprint density at radius 3 is 3.15 bits per heavy atom. The molecule has 0 fully saturated rings. The lowest BCUT2D eigenvalue weighted by atomic mass is 10.0. The van der Waals surface area contributed by atoms with Crippen LogP contribution in [0.4, 0.5) is 0 Å². The van der Waals surface area contributed by atoms with Crippen molar-refractivity contribution in [1.82, 2.24) is 5.32 Å². The molecule has 0 aromatic heterocycles. The maximum absolute atomic E-state index is 3.51. The predicted molar refractivity (Wildman–Crippen MR) is 62.1 cm³/mol. The topological polar surface area (TPSA) is 12.0 Å². The summed E-state index contributed by atoms with van der Waals surface area (Å²) >= 11 is 5.51. The van der Waals surface area contributed by atoms with E-state index in [0.717, 1.165) is 5.75 Å². The molecule has 0 aliphatic carbocycles. The Bertz CT molecular complexity index is 314. The Labute approximate surface area is 91.4 Å². The second-order valence-electron chi connectivity index (χ2n) is 3.20. The molecule has 0 spiro atoms. The summed E-state index contributed by atoms with van der Waals surface area (Å²) in [7, 11) is 2.03. The Morgan fingerprint density at radius 2 is 2.38 bits per heavy atom. The summed E-state index contributed by atoms with van der Waals surface area (Å²) in [5.74, 6) is 2.33. The molecule has 0 saturated carbocycles. The standard InChI is InChI=1S/C10H12BrNS/c1-12-10-6-13-5-7-2-3-8(11)4-9(7)10/h2-4,10,12H,5-6H2,1H3. The molecule has 1 nitrogen and oxygen atoms in total. The van der Waals surface area contributed by atoms with E-state index in [1.165, 1.54) is 21.4 Å². The van der Waals surface area contributed by atoms with Crippen LogP contribution in [-0.4, -0.2) is 12.8 Å². The Balaban J connectivity index is 2.41. The number of hydrogen-bond acceptors (Lipinski definition) is 2. The Kier molecular flexibility index (Phi) is 2.96. The van der Waals surface area contributed by atoms with Crippen LogP contribution in [0.2, 0.25) is 0 Å². The monoisotopic (exact) mass is 257 g/mol. The molecule has 1 aliphatic heterocycles. The number of benzene rings is 1. The van der Waals surface area contributed by atoms with E-state index >= 15 is 0 Å². The fraction of sp³-hybridized carbons (Fsp3) is 0.400. The summed E-state index contributed by atoms with van der Waals surface area (Å²) in [4.78, 5) is 0. The highest BCUT2D eigenvalue weighted by molar-refractivity contribution is 9.10. The third kappa shape index (κ3) is 1.92. The van der Waals surface area contributed by atoms with Crippen molar-refractivity contribution in [1.29, 1.82) is 0 Å². The first-order chi connectivity index (χ1) is 6.31. The maximum Gasteiger partial charge on any atom is 0.0412 e. The van der Waals surface area contributed by atoms with Gasteiger partial charge in [-0.1, -0.05) is 22.0 Å². The number of nitrogens with one attached hydrogen (secondary N) is 1. The zero-order valence-electron chi connectivity index (χ0n) is 7.51. The highest BCUT2D eigenvalue weighted by Crippen LogP contribution is 2.32. The van der Waals surface area contributed by atoms with Gasteiger partial charge in [-0.25, -0.2) is 0 Å². The van der Waals surface area contributed by atoms with E-state index in [1.54, 1.807) is 0 Å². The van der Waals surface area contributed by atoms with Crippen LogP contribution < -0.4 is 5.32 Å². The molecule has 1 unspecified atom stereocenters. The van der Waals surface area contributed by atoms with Crippen LogP contribution in [0, 0.1) is 0 Å². The van der Waals surface area contributed by atoms with Gasteiger partial charge in [0, 0.05) is 22.0 Å². The molecule has 3 heteroatoms. The number of halogens is 1. The van der Waals surface area contributed by atoms with E-state index < -0.39 is 0 Å². The minimum absolute atomic E-state index is 0.520. The minimum Gasteiger partial charge on any atom is -0.312 e. The van der Waals surface area contributed by atoms with Crippen molar-refractivity contribution in [2.45, 2.75) is 11.8 Å². The number of hydrogen-bond donors (Lipinski definition) is 1. The van der Waals surface area contributed by atoms with E-state index in [9.17, 15) is 0 Å². The van der Waals surface area contributed by atoms with E-state index in [0.29, 0.717) is 6.04 Å². The van der Waals surface area contributed by atoms with Gasteiger partial charge < -0.3 is 5.32 Å². The number of rotatable bonds is 1. The van der Waals surface area contributed by atoms with Crippen LogP contribution in [0.5, 0.6) is 0 Å². The summed E-state index contributed by atoms with van der Waals surface area (Å²) < 4.78 is 1.18. The van der Waals surface area contributed by atoms with Gasteiger partial charge in [0.05, 0.1) is 0 Å². The van der Waals surface area contributed by atoms with Crippen LogP contribution in [0.1, 0.15) is 17.2 Å². The van der Waals surface area contributed by atoms with Gasteiger partial charge in [-0.3, -0.25) is 0 Å². The van der Waals surface area contributed by atoms with E-state index in [2.05, 4.69) is 39.4 Å². The van der Waals surface area contributed by atoms with Gasteiger partial charge in [0.15, 0.2) is 0 Å². The molecular weight excluding hydrogens is 246 g/mol. The molecule has 2 rings (SSSR count). The molecule has 0 amide bonds. The summed E-state index contributed by atoms with van der Waals surface area (Å²) in [6.07, 6.45) is 0. The first kappa shape index (κ1) is 9.56. The van der Waals surface area contributed by atoms with Crippen LogP contribution in [0.3, 0.4) is 0 Å². The first-order valence-electron chi connectivity index (χ1n) is 4.34. The first-order valence-corrected chi connectivity index (χ1v) is 6.29. The quantitative estimate of drug-likeness (QED) is 0.831. The van der Waals surface area contributed by atoms with E-state index in [1.807, 2.05) is 18.8 Å². The van der Waals surface area contributed by atoms with Crippen molar-refractivity contribution >= 4 is 27.7 Å². The predicted octanol–water partition coefficient (Wildman–Crippen LogP) is 2.96. The van der Waals surface area contributed by atoms with Gasteiger partial charge in [-0.2, -0.15) is 11.8 Å². The van der Waals surface area contributed by atoms with Gasteiger partial charge in [-0.15, -0.1) is 0 Å². The summed E-state index contributed by atoms with van der Waals surface area (Å²) in [5, 5.41) is 3.35. The number of thioether (sulfide) groups is 1. The van der Waals surface area contributed by atoms with Crippen molar-refractivity contribution < 1.29 is 0 Å². The zero-order valence-corrected chi connectivity index (χ0v) is 9.91. The SMILES string of the molecule is CNC1CSCc2ccc(Br)cc21. The smallest absolute Gasteiger partial charge is 0.0412 e. The molecule has 1 heterocycles. The highest BCUT2D eigenvalue weighted by atomic mass is 79.9. The molecule has 0 radical (unpaired) electrons. The lowest BCUT2D eigenvalue weighted by Gasteiger charge is -2.24. The fourth-order valence-corrected chi connectivity index (χ4v) is 3.20.